The second-order valence-corrected chi connectivity index (χ2v) is 5.34. The van der Waals surface area contributed by atoms with Gasteiger partial charge in [-0.05, 0) is 40.2 Å². The number of ether oxygens (including phenoxy) is 2. The summed E-state index contributed by atoms with van der Waals surface area (Å²) in [5.41, 5.74) is 1.90. The summed E-state index contributed by atoms with van der Waals surface area (Å²) in [7, 11) is 0. The molecule has 1 aliphatic rings. The maximum atomic E-state index is 12.2. The van der Waals surface area contributed by atoms with Gasteiger partial charge in [0.1, 0.15) is 5.69 Å². The minimum Gasteiger partial charge on any atom is -0.346 e. The molecule has 0 radical (unpaired) electrons. The Morgan fingerprint density at radius 2 is 2.05 bits per heavy atom. The summed E-state index contributed by atoms with van der Waals surface area (Å²) in [4.78, 5) is 16.3. The first-order valence-corrected chi connectivity index (χ1v) is 7.28. The molecule has 0 unspecified atom stereocenters. The first-order valence-electron chi connectivity index (χ1n) is 6.49. The standard InChI is InChI=1S/C15H13BrN2O3/c16-12-5-2-6-17-13(12)14(19)18-11-4-1-3-10(9-11)15-20-7-8-21-15/h1-6,9,15H,7-8H2,(H,18,19). The van der Waals surface area contributed by atoms with Crippen LogP contribution in [0.5, 0.6) is 0 Å². The Kier molecular flexibility index (Phi) is 4.28. The Morgan fingerprint density at radius 1 is 1.24 bits per heavy atom. The SMILES string of the molecule is O=C(Nc1cccc(C2OCCO2)c1)c1ncccc1Br. The highest BCUT2D eigenvalue weighted by atomic mass is 79.9. The predicted molar refractivity (Wildman–Crippen MR) is 81.0 cm³/mol. The molecule has 5 nitrogen and oxygen atoms in total. The lowest BCUT2D eigenvalue weighted by molar-refractivity contribution is -0.0440. The third kappa shape index (κ3) is 3.29. The molecule has 1 aromatic carbocycles. The number of carbonyl (C=O) groups excluding carboxylic acids is 1. The second kappa shape index (κ2) is 6.34. The molecule has 3 rings (SSSR count). The van der Waals surface area contributed by atoms with Crippen molar-refractivity contribution in [2.45, 2.75) is 6.29 Å². The number of pyridine rings is 1. The topological polar surface area (TPSA) is 60.5 Å². The van der Waals surface area contributed by atoms with Gasteiger partial charge in [0.15, 0.2) is 6.29 Å². The minimum absolute atomic E-state index is 0.270. The molecule has 0 bridgehead atoms. The molecule has 108 valence electrons. The van der Waals surface area contributed by atoms with Gasteiger partial charge in [-0.1, -0.05) is 12.1 Å². The molecule has 1 aliphatic heterocycles. The number of hydrogen-bond acceptors (Lipinski definition) is 4. The zero-order valence-corrected chi connectivity index (χ0v) is 12.7. The average molecular weight is 349 g/mol. The van der Waals surface area contributed by atoms with E-state index in [1.165, 1.54) is 0 Å². The average Bonchev–Trinajstić information content (AvgIpc) is 3.02. The highest BCUT2D eigenvalue weighted by molar-refractivity contribution is 9.10. The lowest BCUT2D eigenvalue weighted by atomic mass is 10.2. The van der Waals surface area contributed by atoms with E-state index >= 15 is 0 Å². The van der Waals surface area contributed by atoms with Gasteiger partial charge in [0.2, 0.25) is 0 Å². The number of halogens is 1. The van der Waals surface area contributed by atoms with Crippen molar-refractivity contribution in [2.75, 3.05) is 18.5 Å². The van der Waals surface area contributed by atoms with Crippen LogP contribution < -0.4 is 5.32 Å². The Balaban J connectivity index is 1.77. The number of benzene rings is 1. The van der Waals surface area contributed by atoms with Crippen molar-refractivity contribution in [3.63, 3.8) is 0 Å². The third-order valence-electron chi connectivity index (χ3n) is 3.01. The molecule has 1 saturated heterocycles. The van der Waals surface area contributed by atoms with Crippen molar-refractivity contribution in [3.8, 4) is 0 Å². The van der Waals surface area contributed by atoms with Gasteiger partial charge in [0.05, 0.1) is 13.2 Å². The van der Waals surface area contributed by atoms with Crippen LogP contribution in [0.15, 0.2) is 47.1 Å². The van der Waals surface area contributed by atoms with Gasteiger partial charge in [0, 0.05) is 21.9 Å². The molecule has 21 heavy (non-hydrogen) atoms. The zero-order chi connectivity index (χ0) is 14.7. The molecule has 6 heteroatoms. The summed E-state index contributed by atoms with van der Waals surface area (Å²) in [6, 6.07) is 10.9. The van der Waals surface area contributed by atoms with E-state index in [9.17, 15) is 4.79 Å². The van der Waals surface area contributed by atoms with Gasteiger partial charge < -0.3 is 14.8 Å². The fourth-order valence-corrected chi connectivity index (χ4v) is 2.49. The van der Waals surface area contributed by atoms with Crippen LogP contribution in [0.1, 0.15) is 22.3 Å². The first kappa shape index (κ1) is 14.2. The van der Waals surface area contributed by atoms with E-state index in [4.69, 9.17) is 9.47 Å². The summed E-state index contributed by atoms with van der Waals surface area (Å²) in [5, 5.41) is 2.82. The number of nitrogens with one attached hydrogen (secondary N) is 1. The minimum atomic E-state index is -0.358. The molecule has 1 N–H and O–H groups in total. The Labute approximate surface area is 130 Å². The largest absolute Gasteiger partial charge is 0.346 e. The molecule has 0 saturated carbocycles. The number of carbonyl (C=O) groups is 1. The van der Waals surface area contributed by atoms with E-state index < -0.39 is 0 Å². The summed E-state index contributed by atoms with van der Waals surface area (Å²) < 4.78 is 11.5. The summed E-state index contributed by atoms with van der Waals surface area (Å²) >= 11 is 3.32. The van der Waals surface area contributed by atoms with Gasteiger partial charge in [0.25, 0.3) is 5.91 Å². The van der Waals surface area contributed by atoms with Gasteiger partial charge in [-0.15, -0.1) is 0 Å². The Hall–Kier alpha value is -1.76. The van der Waals surface area contributed by atoms with Crippen LogP contribution in [0.25, 0.3) is 0 Å². The van der Waals surface area contributed by atoms with Crippen LogP contribution in [-0.2, 0) is 9.47 Å². The van der Waals surface area contributed by atoms with Gasteiger partial charge in [-0.25, -0.2) is 4.98 Å². The highest BCUT2D eigenvalue weighted by Crippen LogP contribution is 2.25. The van der Waals surface area contributed by atoms with Gasteiger partial charge >= 0.3 is 0 Å². The van der Waals surface area contributed by atoms with Crippen LogP contribution in [-0.4, -0.2) is 24.1 Å². The molecule has 1 aromatic heterocycles. The molecule has 0 aliphatic carbocycles. The number of hydrogen-bond donors (Lipinski definition) is 1. The fraction of sp³-hybridized carbons (Fsp3) is 0.200. The quantitative estimate of drug-likeness (QED) is 0.925. The van der Waals surface area contributed by atoms with Crippen molar-refractivity contribution >= 4 is 27.5 Å². The van der Waals surface area contributed by atoms with Crippen LogP contribution in [0.3, 0.4) is 0 Å². The third-order valence-corrected chi connectivity index (χ3v) is 3.65. The fourth-order valence-electron chi connectivity index (χ4n) is 2.06. The van der Waals surface area contributed by atoms with E-state index in [-0.39, 0.29) is 12.2 Å². The maximum Gasteiger partial charge on any atom is 0.275 e. The Morgan fingerprint density at radius 3 is 2.81 bits per heavy atom. The van der Waals surface area contributed by atoms with Gasteiger partial charge in [-0.2, -0.15) is 0 Å². The first-order chi connectivity index (χ1) is 10.2. The number of aromatic nitrogens is 1. The molecule has 2 heterocycles. The number of nitrogens with zero attached hydrogens (tertiary/aromatic N) is 1. The number of rotatable bonds is 3. The van der Waals surface area contributed by atoms with Crippen molar-refractivity contribution in [1.82, 2.24) is 4.98 Å². The highest BCUT2D eigenvalue weighted by Gasteiger charge is 2.19. The van der Waals surface area contributed by atoms with Crippen molar-refractivity contribution in [1.29, 1.82) is 0 Å². The van der Waals surface area contributed by atoms with E-state index in [0.29, 0.717) is 29.1 Å². The number of amides is 1. The molecular formula is C15H13BrN2O3. The normalized spacial score (nSPS) is 15.1. The van der Waals surface area contributed by atoms with Crippen molar-refractivity contribution in [2.24, 2.45) is 0 Å². The van der Waals surface area contributed by atoms with Crippen LogP contribution in [0, 0.1) is 0 Å². The maximum absolute atomic E-state index is 12.2. The molecule has 0 atom stereocenters. The number of anilines is 1. The molecular weight excluding hydrogens is 336 g/mol. The monoisotopic (exact) mass is 348 g/mol. The predicted octanol–water partition coefficient (Wildman–Crippen LogP) is 3.14. The van der Waals surface area contributed by atoms with Crippen LogP contribution >= 0.6 is 15.9 Å². The van der Waals surface area contributed by atoms with Crippen LogP contribution in [0.2, 0.25) is 0 Å². The zero-order valence-electron chi connectivity index (χ0n) is 11.1. The van der Waals surface area contributed by atoms with E-state index in [1.807, 2.05) is 24.3 Å². The summed E-state index contributed by atoms with van der Waals surface area (Å²) in [5.74, 6) is -0.270. The van der Waals surface area contributed by atoms with Crippen molar-refractivity contribution < 1.29 is 14.3 Å². The summed E-state index contributed by atoms with van der Waals surface area (Å²) in [6.07, 6.45) is 1.22. The lowest BCUT2D eigenvalue weighted by Gasteiger charge is -2.11. The van der Waals surface area contributed by atoms with Crippen molar-refractivity contribution in [3.05, 3.63) is 58.3 Å². The molecule has 0 spiro atoms. The van der Waals surface area contributed by atoms with E-state index in [2.05, 4.69) is 26.2 Å². The van der Waals surface area contributed by atoms with Crippen LogP contribution in [0.4, 0.5) is 5.69 Å². The molecule has 1 amide bonds. The smallest absolute Gasteiger partial charge is 0.275 e. The Bertz CT molecular complexity index is 657. The lowest BCUT2D eigenvalue weighted by Crippen LogP contribution is -2.14. The molecule has 2 aromatic rings. The van der Waals surface area contributed by atoms with E-state index in [1.54, 1.807) is 18.3 Å². The van der Waals surface area contributed by atoms with Gasteiger partial charge in [-0.3, -0.25) is 4.79 Å². The summed E-state index contributed by atoms with van der Waals surface area (Å²) in [6.45, 7) is 1.17. The van der Waals surface area contributed by atoms with E-state index in [0.717, 1.165) is 5.56 Å². The second-order valence-electron chi connectivity index (χ2n) is 4.49. The molecule has 1 fully saturated rings.